The van der Waals surface area contributed by atoms with Crippen LogP contribution >= 0.6 is 27.5 Å². The van der Waals surface area contributed by atoms with Crippen LogP contribution in [-0.2, 0) is 0 Å². The van der Waals surface area contributed by atoms with Crippen LogP contribution < -0.4 is 4.74 Å². The van der Waals surface area contributed by atoms with Crippen molar-refractivity contribution in [2.24, 2.45) is 0 Å². The molecule has 2 aromatic heterocycles. The normalized spacial score (nSPS) is 11.3. The molecule has 3 aromatic rings. The van der Waals surface area contributed by atoms with E-state index in [1.165, 1.54) is 0 Å². The Bertz CT molecular complexity index is 759. The Labute approximate surface area is 121 Å². The van der Waals surface area contributed by atoms with Crippen LogP contribution in [0.3, 0.4) is 0 Å². The molecule has 0 bridgehead atoms. The van der Waals surface area contributed by atoms with Gasteiger partial charge in [-0.25, -0.2) is 4.98 Å². The van der Waals surface area contributed by atoms with Crippen LogP contribution in [-0.4, -0.2) is 33.3 Å². The molecular weight excluding hydrogens is 334 g/mol. The molecule has 1 aromatic carbocycles. The van der Waals surface area contributed by atoms with Crippen LogP contribution in [0.5, 0.6) is 5.88 Å². The van der Waals surface area contributed by atoms with E-state index in [1.54, 1.807) is 0 Å². The largest absolute Gasteiger partial charge is 0.474 e. The van der Waals surface area contributed by atoms with Gasteiger partial charge in [0, 0.05) is 15.4 Å². The summed E-state index contributed by atoms with van der Waals surface area (Å²) in [5, 5.41) is 9.88. The van der Waals surface area contributed by atoms with Gasteiger partial charge in [-0.3, -0.25) is 0 Å². The Hall–Kier alpha value is -1.37. The first-order valence-electron chi connectivity index (χ1n) is 5.57. The first-order chi connectivity index (χ1) is 9.19. The number of fused-ring (bicyclic) bond motifs is 3. The minimum atomic E-state index is -0.0884. The molecule has 0 aliphatic rings. The van der Waals surface area contributed by atoms with Crippen LogP contribution in [0, 0.1) is 0 Å². The Morgan fingerprint density at radius 3 is 3.00 bits per heavy atom. The van der Waals surface area contributed by atoms with E-state index in [4.69, 9.17) is 21.4 Å². The van der Waals surface area contributed by atoms with E-state index in [1.807, 2.05) is 18.2 Å². The molecule has 0 spiro atoms. The SMILES string of the molecule is OCCOc1nc(Cl)nc2c1[nH]c1cc(Br)ccc12. The standard InChI is InChI=1S/C12H9BrClN3O2/c13-6-1-2-7-8(5-6)15-10-9(7)16-12(14)17-11(10)19-4-3-18/h1-2,5,15,18H,3-4H2. The second-order valence-corrected chi connectivity index (χ2v) is 5.16. The van der Waals surface area contributed by atoms with Gasteiger partial charge in [-0.15, -0.1) is 0 Å². The van der Waals surface area contributed by atoms with Crippen LogP contribution in [0.4, 0.5) is 0 Å². The molecule has 0 amide bonds. The van der Waals surface area contributed by atoms with Crippen molar-refractivity contribution in [3.8, 4) is 5.88 Å². The van der Waals surface area contributed by atoms with E-state index in [2.05, 4.69) is 30.9 Å². The summed E-state index contributed by atoms with van der Waals surface area (Å²) in [6, 6.07) is 5.82. The van der Waals surface area contributed by atoms with Crippen molar-refractivity contribution >= 4 is 49.5 Å². The third-order valence-corrected chi connectivity index (χ3v) is 3.34. The molecule has 0 saturated carbocycles. The smallest absolute Gasteiger partial charge is 0.242 e. The van der Waals surface area contributed by atoms with Crippen LogP contribution in [0.2, 0.25) is 5.28 Å². The molecule has 2 heterocycles. The molecule has 98 valence electrons. The number of nitrogens with one attached hydrogen (secondary N) is 1. The minimum absolute atomic E-state index is 0.0884. The number of benzene rings is 1. The predicted molar refractivity (Wildman–Crippen MR) is 76.7 cm³/mol. The maximum Gasteiger partial charge on any atom is 0.242 e. The number of H-pyrrole nitrogens is 1. The fourth-order valence-corrected chi connectivity index (χ4v) is 2.45. The summed E-state index contributed by atoms with van der Waals surface area (Å²) < 4.78 is 6.34. The molecular formula is C12H9BrClN3O2. The fraction of sp³-hybridized carbons (Fsp3) is 0.167. The van der Waals surface area contributed by atoms with Crippen molar-refractivity contribution in [1.82, 2.24) is 15.0 Å². The van der Waals surface area contributed by atoms with Crippen LogP contribution in [0.15, 0.2) is 22.7 Å². The highest BCUT2D eigenvalue weighted by Gasteiger charge is 2.13. The summed E-state index contributed by atoms with van der Waals surface area (Å²) in [5.74, 6) is 0.344. The van der Waals surface area contributed by atoms with Crippen LogP contribution in [0.25, 0.3) is 21.9 Å². The highest BCUT2D eigenvalue weighted by Crippen LogP contribution is 2.31. The summed E-state index contributed by atoms with van der Waals surface area (Å²) in [5.41, 5.74) is 2.29. The monoisotopic (exact) mass is 341 g/mol. The third kappa shape index (κ3) is 2.27. The second-order valence-electron chi connectivity index (χ2n) is 3.91. The van der Waals surface area contributed by atoms with E-state index >= 15 is 0 Å². The van der Waals surface area contributed by atoms with Gasteiger partial charge < -0.3 is 14.8 Å². The molecule has 5 nitrogen and oxygen atoms in total. The van der Waals surface area contributed by atoms with Crippen molar-refractivity contribution in [2.75, 3.05) is 13.2 Å². The lowest BCUT2D eigenvalue weighted by molar-refractivity contribution is 0.198. The summed E-state index contributed by atoms with van der Waals surface area (Å²) in [6.45, 7) is 0.0659. The summed E-state index contributed by atoms with van der Waals surface area (Å²) in [7, 11) is 0. The summed E-state index contributed by atoms with van der Waals surface area (Å²) in [4.78, 5) is 11.5. The maximum absolute atomic E-state index is 8.83. The molecule has 0 unspecified atom stereocenters. The number of rotatable bonds is 3. The molecule has 0 aliphatic carbocycles. The van der Waals surface area contributed by atoms with Crippen molar-refractivity contribution in [1.29, 1.82) is 0 Å². The molecule has 0 aliphatic heterocycles. The average molecular weight is 343 g/mol. The van der Waals surface area contributed by atoms with Crippen molar-refractivity contribution in [3.05, 3.63) is 28.0 Å². The minimum Gasteiger partial charge on any atom is -0.474 e. The lowest BCUT2D eigenvalue weighted by Crippen LogP contribution is -2.04. The highest BCUT2D eigenvalue weighted by molar-refractivity contribution is 9.10. The topological polar surface area (TPSA) is 71.0 Å². The Balaban J connectivity index is 2.29. The molecule has 3 rings (SSSR count). The third-order valence-electron chi connectivity index (χ3n) is 2.68. The molecule has 0 radical (unpaired) electrons. The van der Waals surface area contributed by atoms with Crippen molar-refractivity contribution in [3.63, 3.8) is 0 Å². The van der Waals surface area contributed by atoms with E-state index in [9.17, 15) is 0 Å². The molecule has 0 atom stereocenters. The van der Waals surface area contributed by atoms with Gasteiger partial charge in [0.2, 0.25) is 11.2 Å². The fourth-order valence-electron chi connectivity index (χ4n) is 1.93. The Morgan fingerprint density at radius 1 is 1.37 bits per heavy atom. The van der Waals surface area contributed by atoms with E-state index in [0.29, 0.717) is 16.9 Å². The number of hydrogen-bond acceptors (Lipinski definition) is 4. The summed E-state index contributed by atoms with van der Waals surface area (Å²) in [6.07, 6.45) is 0. The zero-order valence-electron chi connectivity index (χ0n) is 9.65. The van der Waals surface area contributed by atoms with Gasteiger partial charge in [-0.1, -0.05) is 15.9 Å². The number of aromatic nitrogens is 3. The van der Waals surface area contributed by atoms with Crippen molar-refractivity contribution in [2.45, 2.75) is 0 Å². The summed E-state index contributed by atoms with van der Waals surface area (Å²) >= 11 is 9.32. The number of ether oxygens (including phenoxy) is 1. The second kappa shape index (κ2) is 4.96. The van der Waals surface area contributed by atoms with Gasteiger partial charge >= 0.3 is 0 Å². The van der Waals surface area contributed by atoms with Crippen molar-refractivity contribution < 1.29 is 9.84 Å². The number of aliphatic hydroxyl groups excluding tert-OH is 1. The first-order valence-corrected chi connectivity index (χ1v) is 6.74. The van der Waals surface area contributed by atoms with Gasteiger partial charge in [0.1, 0.15) is 17.6 Å². The Kier molecular flexibility index (Phi) is 3.30. The van der Waals surface area contributed by atoms with Gasteiger partial charge in [0.15, 0.2) is 0 Å². The lowest BCUT2D eigenvalue weighted by Gasteiger charge is -2.04. The molecule has 19 heavy (non-hydrogen) atoms. The van der Waals surface area contributed by atoms with Gasteiger partial charge in [-0.2, -0.15) is 4.98 Å². The van der Waals surface area contributed by atoms with E-state index in [-0.39, 0.29) is 18.5 Å². The predicted octanol–water partition coefficient (Wildman–Crippen LogP) is 2.90. The lowest BCUT2D eigenvalue weighted by atomic mass is 10.2. The zero-order chi connectivity index (χ0) is 13.4. The number of nitrogens with zero attached hydrogens (tertiary/aromatic N) is 2. The quantitative estimate of drug-likeness (QED) is 0.718. The number of hydrogen-bond donors (Lipinski definition) is 2. The molecule has 0 fully saturated rings. The Morgan fingerprint density at radius 2 is 2.21 bits per heavy atom. The number of aliphatic hydroxyl groups is 1. The highest BCUT2D eigenvalue weighted by atomic mass is 79.9. The van der Waals surface area contributed by atoms with Gasteiger partial charge in [0.05, 0.1) is 6.61 Å². The number of halogens is 2. The van der Waals surface area contributed by atoms with E-state index in [0.717, 1.165) is 15.4 Å². The molecule has 0 saturated heterocycles. The van der Waals surface area contributed by atoms with E-state index < -0.39 is 0 Å². The van der Waals surface area contributed by atoms with Gasteiger partial charge in [-0.05, 0) is 29.8 Å². The van der Waals surface area contributed by atoms with Crippen LogP contribution in [0.1, 0.15) is 0 Å². The number of aromatic amines is 1. The first kappa shape index (κ1) is 12.7. The average Bonchev–Trinajstić information content (AvgIpc) is 2.73. The molecule has 7 heteroatoms. The zero-order valence-corrected chi connectivity index (χ0v) is 12.0. The maximum atomic E-state index is 8.83. The molecule has 2 N–H and O–H groups in total. The van der Waals surface area contributed by atoms with Gasteiger partial charge in [0.25, 0.3) is 0 Å².